The largest absolute Gasteiger partial charge is 0.452 e. The van der Waals surface area contributed by atoms with Gasteiger partial charge < -0.3 is 10.1 Å². The average Bonchev–Trinajstić information content (AvgIpc) is 2.43. The van der Waals surface area contributed by atoms with Gasteiger partial charge in [-0.05, 0) is 31.9 Å². The lowest BCUT2D eigenvalue weighted by Gasteiger charge is -2.31. The standard InChI is InChI=1S/C16H18N2O4/c1-10(22-16(21)11-5-4-6-11)15(20)18-9-14(19)17-12-7-2-3-8-13(12)18/h2-3,7-8,10-11H,4-6,9H2,1H3,(H,17,19)/t10-/m1/s1. The Balaban J connectivity index is 1.73. The van der Waals surface area contributed by atoms with Crippen molar-refractivity contribution < 1.29 is 19.1 Å². The number of para-hydroxylation sites is 2. The molecule has 0 radical (unpaired) electrons. The number of carbonyl (C=O) groups is 3. The zero-order chi connectivity index (χ0) is 15.7. The van der Waals surface area contributed by atoms with Gasteiger partial charge in [0.25, 0.3) is 5.91 Å². The number of rotatable bonds is 3. The predicted molar refractivity (Wildman–Crippen MR) is 80.3 cm³/mol. The van der Waals surface area contributed by atoms with Crippen LogP contribution in [0.4, 0.5) is 11.4 Å². The van der Waals surface area contributed by atoms with Crippen molar-refractivity contribution in [2.75, 3.05) is 16.8 Å². The van der Waals surface area contributed by atoms with Gasteiger partial charge in [-0.25, -0.2) is 0 Å². The Bertz CT molecular complexity index is 624. The molecular weight excluding hydrogens is 284 g/mol. The van der Waals surface area contributed by atoms with Gasteiger partial charge in [0.1, 0.15) is 6.54 Å². The van der Waals surface area contributed by atoms with Gasteiger partial charge in [-0.3, -0.25) is 19.3 Å². The Morgan fingerprint density at radius 2 is 2.05 bits per heavy atom. The van der Waals surface area contributed by atoms with Crippen molar-refractivity contribution in [1.82, 2.24) is 0 Å². The van der Waals surface area contributed by atoms with E-state index in [-0.39, 0.29) is 30.2 Å². The van der Waals surface area contributed by atoms with Crippen LogP contribution in [-0.2, 0) is 19.1 Å². The summed E-state index contributed by atoms with van der Waals surface area (Å²) in [6.45, 7) is 1.48. The van der Waals surface area contributed by atoms with Crippen LogP contribution >= 0.6 is 0 Å². The number of ether oxygens (including phenoxy) is 1. The molecule has 1 saturated carbocycles. The van der Waals surface area contributed by atoms with E-state index in [0.717, 1.165) is 19.3 Å². The van der Waals surface area contributed by atoms with Gasteiger partial charge in [-0.2, -0.15) is 0 Å². The molecule has 1 fully saturated rings. The van der Waals surface area contributed by atoms with Crippen LogP contribution in [0.15, 0.2) is 24.3 Å². The van der Waals surface area contributed by atoms with Crippen LogP contribution < -0.4 is 10.2 Å². The summed E-state index contributed by atoms with van der Waals surface area (Å²) in [7, 11) is 0. The summed E-state index contributed by atoms with van der Waals surface area (Å²) >= 11 is 0. The van der Waals surface area contributed by atoms with E-state index in [1.807, 2.05) is 0 Å². The molecule has 116 valence electrons. The number of nitrogens with zero attached hydrogens (tertiary/aromatic N) is 1. The first-order chi connectivity index (χ1) is 10.6. The monoisotopic (exact) mass is 302 g/mol. The molecular formula is C16H18N2O4. The van der Waals surface area contributed by atoms with E-state index in [9.17, 15) is 14.4 Å². The molecule has 1 aliphatic carbocycles. The first-order valence-electron chi connectivity index (χ1n) is 7.47. The van der Waals surface area contributed by atoms with Gasteiger partial charge in [-0.1, -0.05) is 18.6 Å². The number of hydrogen-bond acceptors (Lipinski definition) is 4. The fraction of sp³-hybridized carbons (Fsp3) is 0.438. The van der Waals surface area contributed by atoms with Gasteiger partial charge in [0.2, 0.25) is 5.91 Å². The second-order valence-electron chi connectivity index (χ2n) is 5.70. The molecule has 1 atom stereocenters. The first kappa shape index (κ1) is 14.6. The minimum atomic E-state index is -0.896. The van der Waals surface area contributed by atoms with Crippen molar-refractivity contribution in [3.63, 3.8) is 0 Å². The van der Waals surface area contributed by atoms with Crippen LogP contribution in [0.5, 0.6) is 0 Å². The van der Waals surface area contributed by atoms with Gasteiger partial charge in [-0.15, -0.1) is 0 Å². The van der Waals surface area contributed by atoms with Crippen LogP contribution in [0.25, 0.3) is 0 Å². The Morgan fingerprint density at radius 1 is 1.32 bits per heavy atom. The molecule has 2 amide bonds. The number of anilines is 2. The molecule has 1 heterocycles. The van der Waals surface area contributed by atoms with E-state index in [1.54, 1.807) is 31.2 Å². The summed E-state index contributed by atoms with van der Waals surface area (Å²) in [5.74, 6) is -1.03. The summed E-state index contributed by atoms with van der Waals surface area (Å²) in [6.07, 6.45) is 1.79. The molecule has 0 saturated heterocycles. The fourth-order valence-corrected chi connectivity index (χ4v) is 2.61. The average molecular weight is 302 g/mol. The van der Waals surface area contributed by atoms with E-state index >= 15 is 0 Å². The Labute approximate surface area is 128 Å². The molecule has 2 aliphatic rings. The number of fused-ring (bicyclic) bond motifs is 1. The summed E-state index contributed by atoms with van der Waals surface area (Å²) < 4.78 is 5.26. The maximum atomic E-state index is 12.5. The molecule has 0 aromatic heterocycles. The second kappa shape index (κ2) is 5.79. The highest BCUT2D eigenvalue weighted by Gasteiger charge is 2.34. The lowest BCUT2D eigenvalue weighted by atomic mass is 9.86. The van der Waals surface area contributed by atoms with Gasteiger partial charge in [0.05, 0.1) is 17.3 Å². The molecule has 1 N–H and O–H groups in total. The molecule has 0 spiro atoms. The third-order valence-electron chi connectivity index (χ3n) is 4.12. The molecule has 22 heavy (non-hydrogen) atoms. The van der Waals surface area contributed by atoms with Crippen LogP contribution in [0.1, 0.15) is 26.2 Å². The van der Waals surface area contributed by atoms with Gasteiger partial charge in [0.15, 0.2) is 6.10 Å². The fourth-order valence-electron chi connectivity index (χ4n) is 2.61. The topological polar surface area (TPSA) is 75.7 Å². The highest BCUT2D eigenvalue weighted by Crippen LogP contribution is 2.30. The van der Waals surface area contributed by atoms with Crippen molar-refractivity contribution in [2.45, 2.75) is 32.3 Å². The Morgan fingerprint density at radius 3 is 2.73 bits per heavy atom. The third-order valence-corrected chi connectivity index (χ3v) is 4.12. The minimum Gasteiger partial charge on any atom is -0.452 e. The van der Waals surface area contributed by atoms with Crippen molar-refractivity contribution >= 4 is 29.2 Å². The lowest BCUT2D eigenvalue weighted by molar-refractivity contribution is -0.160. The van der Waals surface area contributed by atoms with E-state index in [0.29, 0.717) is 11.4 Å². The smallest absolute Gasteiger partial charge is 0.309 e. The van der Waals surface area contributed by atoms with E-state index in [2.05, 4.69) is 5.32 Å². The highest BCUT2D eigenvalue weighted by molar-refractivity contribution is 6.11. The van der Waals surface area contributed by atoms with Crippen LogP contribution in [0, 0.1) is 5.92 Å². The lowest BCUT2D eigenvalue weighted by Crippen LogP contribution is -2.47. The van der Waals surface area contributed by atoms with E-state index in [1.165, 1.54) is 4.90 Å². The SMILES string of the molecule is C[C@@H](OC(=O)C1CCC1)C(=O)N1CC(=O)Nc2ccccc21. The molecule has 1 aromatic carbocycles. The van der Waals surface area contributed by atoms with E-state index in [4.69, 9.17) is 4.74 Å². The van der Waals surface area contributed by atoms with Crippen LogP contribution in [0.3, 0.4) is 0 Å². The zero-order valence-electron chi connectivity index (χ0n) is 12.4. The normalized spacial score (nSPS) is 18.8. The van der Waals surface area contributed by atoms with Crippen molar-refractivity contribution in [1.29, 1.82) is 0 Å². The number of esters is 1. The second-order valence-corrected chi connectivity index (χ2v) is 5.70. The molecule has 1 aromatic rings. The summed E-state index contributed by atoms with van der Waals surface area (Å²) in [4.78, 5) is 37.5. The van der Waals surface area contributed by atoms with Crippen LogP contribution in [-0.4, -0.2) is 30.4 Å². The molecule has 0 bridgehead atoms. The maximum Gasteiger partial charge on any atom is 0.309 e. The number of carbonyl (C=O) groups excluding carboxylic acids is 3. The van der Waals surface area contributed by atoms with E-state index < -0.39 is 6.10 Å². The summed E-state index contributed by atoms with van der Waals surface area (Å²) in [6, 6.07) is 7.07. The van der Waals surface area contributed by atoms with Crippen molar-refractivity contribution in [2.24, 2.45) is 5.92 Å². The van der Waals surface area contributed by atoms with Crippen molar-refractivity contribution in [3.05, 3.63) is 24.3 Å². The third kappa shape index (κ3) is 2.68. The predicted octanol–water partition coefficient (Wildman–Crippen LogP) is 1.70. The van der Waals surface area contributed by atoms with Crippen molar-refractivity contribution in [3.8, 4) is 0 Å². The van der Waals surface area contributed by atoms with Gasteiger partial charge >= 0.3 is 5.97 Å². The highest BCUT2D eigenvalue weighted by atomic mass is 16.5. The number of amides is 2. The Kier molecular flexibility index (Phi) is 3.83. The first-order valence-corrected chi connectivity index (χ1v) is 7.47. The number of hydrogen-bond donors (Lipinski definition) is 1. The zero-order valence-corrected chi connectivity index (χ0v) is 12.4. The minimum absolute atomic E-state index is 0.0683. The molecule has 6 heteroatoms. The maximum absolute atomic E-state index is 12.5. The quantitative estimate of drug-likeness (QED) is 0.862. The Hall–Kier alpha value is -2.37. The number of benzene rings is 1. The molecule has 3 rings (SSSR count). The molecule has 1 aliphatic heterocycles. The summed E-state index contributed by atoms with van der Waals surface area (Å²) in [5, 5.41) is 2.72. The molecule has 0 unspecified atom stereocenters. The number of nitrogens with one attached hydrogen (secondary N) is 1. The molecule has 6 nitrogen and oxygen atoms in total. The van der Waals surface area contributed by atoms with Crippen LogP contribution in [0.2, 0.25) is 0 Å². The summed E-state index contributed by atoms with van der Waals surface area (Å²) in [5.41, 5.74) is 1.21. The van der Waals surface area contributed by atoms with Gasteiger partial charge in [0, 0.05) is 0 Å².